The van der Waals surface area contributed by atoms with E-state index in [0.717, 1.165) is 6.42 Å². The van der Waals surface area contributed by atoms with Crippen molar-refractivity contribution in [1.29, 1.82) is 0 Å². The Morgan fingerprint density at radius 1 is 1.40 bits per heavy atom. The summed E-state index contributed by atoms with van der Waals surface area (Å²) in [6, 6.07) is 6.93. The standard InChI is InChI=1S/C14H15N3O3/c1-14(6-7-20-8-14)15-13(19)11-9-4-2-3-5-10(9)12(18)17-16-11/h2-5H,6-8H2,1H3,(H,15,19)(H,17,18). The van der Waals surface area contributed by atoms with Crippen molar-refractivity contribution in [1.82, 2.24) is 15.5 Å². The Labute approximate surface area is 115 Å². The van der Waals surface area contributed by atoms with Gasteiger partial charge < -0.3 is 10.1 Å². The van der Waals surface area contributed by atoms with Crippen molar-refractivity contribution in [3.63, 3.8) is 0 Å². The topological polar surface area (TPSA) is 84.1 Å². The molecule has 3 rings (SSSR count). The molecule has 0 saturated carbocycles. The van der Waals surface area contributed by atoms with E-state index in [4.69, 9.17) is 4.74 Å². The Hall–Kier alpha value is -2.21. The third-order valence-electron chi connectivity index (χ3n) is 3.55. The molecule has 1 unspecified atom stereocenters. The maximum atomic E-state index is 12.4. The normalized spacial score (nSPS) is 22.1. The number of nitrogens with zero attached hydrogens (tertiary/aromatic N) is 1. The summed E-state index contributed by atoms with van der Waals surface area (Å²) >= 11 is 0. The zero-order chi connectivity index (χ0) is 14.2. The van der Waals surface area contributed by atoms with Crippen molar-refractivity contribution in [3.8, 4) is 0 Å². The number of carbonyl (C=O) groups excluding carboxylic acids is 1. The minimum absolute atomic E-state index is 0.230. The highest BCUT2D eigenvalue weighted by Crippen LogP contribution is 2.19. The first kappa shape index (κ1) is 12.8. The molecule has 1 fully saturated rings. The molecule has 1 saturated heterocycles. The summed E-state index contributed by atoms with van der Waals surface area (Å²) in [7, 11) is 0. The SMILES string of the molecule is CC1(NC(=O)c2n[nH]c(=O)c3ccccc23)CCOC1. The first-order valence-corrected chi connectivity index (χ1v) is 6.47. The molecule has 0 aliphatic carbocycles. The number of aromatic nitrogens is 2. The largest absolute Gasteiger partial charge is 0.379 e. The summed E-state index contributed by atoms with van der Waals surface area (Å²) in [6.45, 7) is 3.06. The van der Waals surface area contributed by atoms with E-state index in [0.29, 0.717) is 24.0 Å². The van der Waals surface area contributed by atoms with Crippen molar-refractivity contribution in [2.45, 2.75) is 18.9 Å². The van der Waals surface area contributed by atoms with Crippen molar-refractivity contribution in [2.75, 3.05) is 13.2 Å². The minimum atomic E-state index is -0.379. The number of hydrogen-bond donors (Lipinski definition) is 2. The van der Waals surface area contributed by atoms with Gasteiger partial charge in [-0.1, -0.05) is 18.2 Å². The van der Waals surface area contributed by atoms with Gasteiger partial charge in [0, 0.05) is 12.0 Å². The second-order valence-corrected chi connectivity index (χ2v) is 5.26. The minimum Gasteiger partial charge on any atom is -0.379 e. The van der Waals surface area contributed by atoms with E-state index in [1.807, 2.05) is 6.92 Å². The molecule has 1 aromatic heterocycles. The molecule has 2 heterocycles. The van der Waals surface area contributed by atoms with Crippen LogP contribution in [-0.4, -0.2) is 34.9 Å². The van der Waals surface area contributed by atoms with Crippen LogP contribution < -0.4 is 10.9 Å². The Morgan fingerprint density at radius 2 is 2.15 bits per heavy atom. The van der Waals surface area contributed by atoms with Gasteiger partial charge in [0.05, 0.1) is 17.5 Å². The van der Waals surface area contributed by atoms with Gasteiger partial charge in [-0.15, -0.1) is 0 Å². The smallest absolute Gasteiger partial charge is 0.272 e. The Bertz CT molecular complexity index is 717. The molecule has 1 atom stereocenters. The Kier molecular flexibility index (Phi) is 3.02. The van der Waals surface area contributed by atoms with Gasteiger partial charge in [-0.3, -0.25) is 9.59 Å². The molecule has 104 valence electrons. The van der Waals surface area contributed by atoms with Crippen LogP contribution in [0.25, 0.3) is 10.8 Å². The predicted molar refractivity (Wildman–Crippen MR) is 73.7 cm³/mol. The average Bonchev–Trinajstić information content (AvgIpc) is 2.86. The molecule has 1 amide bonds. The zero-order valence-electron chi connectivity index (χ0n) is 11.1. The zero-order valence-corrected chi connectivity index (χ0v) is 11.1. The van der Waals surface area contributed by atoms with Crippen LogP contribution in [0.15, 0.2) is 29.1 Å². The maximum Gasteiger partial charge on any atom is 0.272 e. The molecule has 0 bridgehead atoms. The molecule has 6 nitrogen and oxygen atoms in total. The third kappa shape index (κ3) is 2.18. The van der Waals surface area contributed by atoms with Gasteiger partial charge >= 0.3 is 0 Å². The van der Waals surface area contributed by atoms with Gasteiger partial charge in [0.25, 0.3) is 11.5 Å². The molecule has 1 aliphatic heterocycles. The number of aromatic amines is 1. The first-order chi connectivity index (χ1) is 9.59. The summed E-state index contributed by atoms with van der Waals surface area (Å²) in [5.74, 6) is -0.301. The van der Waals surface area contributed by atoms with Crippen LogP contribution in [0.2, 0.25) is 0 Å². The second-order valence-electron chi connectivity index (χ2n) is 5.26. The van der Waals surface area contributed by atoms with Crippen LogP contribution in [0.5, 0.6) is 0 Å². The van der Waals surface area contributed by atoms with E-state index in [-0.39, 0.29) is 22.7 Å². The van der Waals surface area contributed by atoms with E-state index in [1.165, 1.54) is 0 Å². The average molecular weight is 273 g/mol. The van der Waals surface area contributed by atoms with Gasteiger partial charge in [-0.25, -0.2) is 5.10 Å². The third-order valence-corrected chi connectivity index (χ3v) is 3.55. The lowest BCUT2D eigenvalue weighted by Crippen LogP contribution is -2.46. The molecule has 2 aromatic rings. The summed E-state index contributed by atoms with van der Waals surface area (Å²) in [5.41, 5.74) is -0.448. The quantitative estimate of drug-likeness (QED) is 0.849. The predicted octanol–water partition coefficient (Wildman–Crippen LogP) is 0.832. The molecule has 1 aromatic carbocycles. The van der Waals surface area contributed by atoms with Crippen LogP contribution in [0.4, 0.5) is 0 Å². The number of hydrogen-bond acceptors (Lipinski definition) is 4. The second kappa shape index (κ2) is 4.72. The number of ether oxygens (including phenoxy) is 1. The fraction of sp³-hybridized carbons (Fsp3) is 0.357. The summed E-state index contributed by atoms with van der Waals surface area (Å²) in [5, 5.41) is 10.2. The molecule has 6 heteroatoms. The highest BCUT2D eigenvalue weighted by atomic mass is 16.5. The molecular weight excluding hydrogens is 258 g/mol. The highest BCUT2D eigenvalue weighted by Gasteiger charge is 2.32. The lowest BCUT2D eigenvalue weighted by Gasteiger charge is -2.23. The number of benzene rings is 1. The summed E-state index contributed by atoms with van der Waals surface area (Å²) in [4.78, 5) is 24.1. The number of rotatable bonds is 2. The first-order valence-electron chi connectivity index (χ1n) is 6.47. The van der Waals surface area contributed by atoms with Crippen molar-refractivity contribution < 1.29 is 9.53 Å². The lowest BCUT2D eigenvalue weighted by molar-refractivity contribution is 0.0885. The van der Waals surface area contributed by atoms with Crippen LogP contribution in [0.1, 0.15) is 23.8 Å². The van der Waals surface area contributed by atoms with Gasteiger partial charge in [0.15, 0.2) is 5.69 Å². The van der Waals surface area contributed by atoms with Gasteiger partial charge in [0.1, 0.15) is 0 Å². The van der Waals surface area contributed by atoms with Crippen LogP contribution >= 0.6 is 0 Å². The van der Waals surface area contributed by atoms with Gasteiger partial charge in [-0.05, 0) is 19.4 Å². The molecule has 20 heavy (non-hydrogen) atoms. The maximum absolute atomic E-state index is 12.4. The molecule has 0 spiro atoms. The van der Waals surface area contributed by atoms with Crippen LogP contribution in [-0.2, 0) is 4.74 Å². The van der Waals surface area contributed by atoms with Crippen LogP contribution in [0.3, 0.4) is 0 Å². The Balaban J connectivity index is 2.00. The molecule has 0 radical (unpaired) electrons. The van der Waals surface area contributed by atoms with E-state index in [9.17, 15) is 9.59 Å². The highest BCUT2D eigenvalue weighted by molar-refractivity contribution is 6.04. The van der Waals surface area contributed by atoms with Gasteiger partial charge in [-0.2, -0.15) is 5.10 Å². The monoisotopic (exact) mass is 273 g/mol. The summed E-state index contributed by atoms with van der Waals surface area (Å²) < 4.78 is 5.31. The number of fused-ring (bicyclic) bond motifs is 1. The van der Waals surface area contributed by atoms with Crippen molar-refractivity contribution in [2.24, 2.45) is 0 Å². The number of H-pyrrole nitrogens is 1. The fourth-order valence-electron chi connectivity index (χ4n) is 2.39. The van der Waals surface area contributed by atoms with Crippen LogP contribution in [0, 0.1) is 0 Å². The Morgan fingerprint density at radius 3 is 2.85 bits per heavy atom. The van der Waals surface area contributed by atoms with E-state index in [2.05, 4.69) is 15.5 Å². The van der Waals surface area contributed by atoms with Crippen molar-refractivity contribution in [3.05, 3.63) is 40.3 Å². The molecule has 2 N–H and O–H groups in total. The fourth-order valence-corrected chi connectivity index (χ4v) is 2.39. The number of carbonyl (C=O) groups is 1. The molecule has 1 aliphatic rings. The van der Waals surface area contributed by atoms with Gasteiger partial charge in [0.2, 0.25) is 0 Å². The lowest BCUT2D eigenvalue weighted by atomic mass is 10.0. The number of amides is 1. The van der Waals surface area contributed by atoms with E-state index in [1.54, 1.807) is 24.3 Å². The van der Waals surface area contributed by atoms with E-state index >= 15 is 0 Å². The number of nitrogens with one attached hydrogen (secondary N) is 2. The summed E-state index contributed by atoms with van der Waals surface area (Å²) in [6.07, 6.45) is 0.764. The van der Waals surface area contributed by atoms with E-state index < -0.39 is 0 Å². The van der Waals surface area contributed by atoms with Crippen molar-refractivity contribution >= 4 is 16.7 Å². The molecular formula is C14H15N3O3.